The summed E-state index contributed by atoms with van der Waals surface area (Å²) in [6.45, 7) is 2.22. The lowest BCUT2D eigenvalue weighted by molar-refractivity contribution is 0.184. The highest BCUT2D eigenvalue weighted by Crippen LogP contribution is 2.20. The van der Waals surface area contributed by atoms with Gasteiger partial charge in [-0.2, -0.15) is 0 Å². The number of imidazole rings is 1. The van der Waals surface area contributed by atoms with Crippen molar-refractivity contribution in [1.82, 2.24) is 14.7 Å². The summed E-state index contributed by atoms with van der Waals surface area (Å²) in [7, 11) is 0. The van der Waals surface area contributed by atoms with Crippen LogP contribution in [0.3, 0.4) is 0 Å². The van der Waals surface area contributed by atoms with Crippen LogP contribution in [-0.4, -0.2) is 19.8 Å². The van der Waals surface area contributed by atoms with Crippen molar-refractivity contribution in [3.8, 4) is 11.3 Å². The van der Waals surface area contributed by atoms with Crippen LogP contribution >= 0.6 is 0 Å². The molecule has 0 radical (unpaired) electrons. The Balaban J connectivity index is 1.83. The molecule has 1 aromatic carbocycles. The number of aliphatic hydroxyl groups excluding tert-OH is 1. The molecule has 5 heteroatoms. The highest BCUT2D eigenvalue weighted by atomic mass is 16.5. The van der Waals surface area contributed by atoms with E-state index in [1.165, 1.54) is 0 Å². The van der Waals surface area contributed by atoms with Crippen LogP contribution in [0.15, 0.2) is 53.3 Å². The highest BCUT2D eigenvalue weighted by Gasteiger charge is 2.11. The zero-order valence-corrected chi connectivity index (χ0v) is 11.1. The van der Waals surface area contributed by atoms with Gasteiger partial charge in [0.2, 0.25) is 0 Å². The molecule has 5 nitrogen and oxygen atoms in total. The number of aromatic nitrogens is 3. The number of aliphatic hydroxyl groups is 1. The van der Waals surface area contributed by atoms with Crippen molar-refractivity contribution in [3.05, 3.63) is 60.3 Å². The minimum atomic E-state index is -0.606. The molecule has 0 aliphatic carbocycles. The van der Waals surface area contributed by atoms with Gasteiger partial charge < -0.3 is 14.2 Å². The topological polar surface area (TPSA) is 64.1 Å². The molecule has 0 bridgehead atoms. The monoisotopic (exact) mass is 269 g/mol. The third-order valence-electron chi connectivity index (χ3n) is 3.07. The van der Waals surface area contributed by atoms with Gasteiger partial charge in [-0.3, -0.25) is 0 Å². The minimum absolute atomic E-state index is 0.524. The van der Waals surface area contributed by atoms with E-state index in [1.54, 1.807) is 13.1 Å². The van der Waals surface area contributed by atoms with E-state index in [0.717, 1.165) is 17.0 Å². The van der Waals surface area contributed by atoms with Crippen LogP contribution < -0.4 is 0 Å². The summed E-state index contributed by atoms with van der Waals surface area (Å²) in [5.74, 6) is 1.36. The largest absolute Gasteiger partial charge is 0.385 e. The Bertz CT molecular complexity index is 686. The van der Waals surface area contributed by atoms with Crippen molar-refractivity contribution in [3.63, 3.8) is 0 Å². The van der Waals surface area contributed by atoms with Gasteiger partial charge in [0.25, 0.3) is 0 Å². The summed E-state index contributed by atoms with van der Waals surface area (Å²) >= 11 is 0. The number of hydrogen-bond acceptors (Lipinski definition) is 4. The van der Waals surface area contributed by atoms with E-state index in [9.17, 15) is 5.11 Å². The molecule has 0 fully saturated rings. The molecule has 0 saturated carbocycles. The average Bonchev–Trinajstić information content (AvgIpc) is 3.09. The summed E-state index contributed by atoms with van der Waals surface area (Å²) in [6.07, 6.45) is 2.88. The van der Waals surface area contributed by atoms with Crippen LogP contribution in [0.1, 0.15) is 24.5 Å². The van der Waals surface area contributed by atoms with Gasteiger partial charge in [0.1, 0.15) is 17.6 Å². The van der Waals surface area contributed by atoms with Crippen LogP contribution in [-0.2, 0) is 6.54 Å². The second-order valence-electron chi connectivity index (χ2n) is 4.64. The van der Waals surface area contributed by atoms with Crippen LogP contribution in [0, 0.1) is 0 Å². The molecule has 1 atom stereocenters. The van der Waals surface area contributed by atoms with Crippen molar-refractivity contribution in [1.29, 1.82) is 0 Å². The molecule has 2 aromatic heterocycles. The van der Waals surface area contributed by atoms with Gasteiger partial charge >= 0.3 is 0 Å². The third kappa shape index (κ3) is 2.48. The van der Waals surface area contributed by atoms with E-state index < -0.39 is 6.10 Å². The van der Waals surface area contributed by atoms with Crippen molar-refractivity contribution < 1.29 is 9.63 Å². The molecule has 3 rings (SSSR count). The number of hydrogen-bond donors (Lipinski definition) is 1. The maximum atomic E-state index is 9.63. The Morgan fingerprint density at radius 1 is 1.30 bits per heavy atom. The number of benzene rings is 1. The predicted octanol–water partition coefficient (Wildman–Crippen LogP) is 2.64. The molecule has 102 valence electrons. The van der Waals surface area contributed by atoms with Gasteiger partial charge in [0.05, 0.1) is 6.54 Å². The maximum absolute atomic E-state index is 9.63. The first kappa shape index (κ1) is 12.6. The van der Waals surface area contributed by atoms with E-state index in [2.05, 4.69) is 10.1 Å². The molecular weight excluding hydrogens is 254 g/mol. The Labute approximate surface area is 116 Å². The standard InChI is InChI=1S/C15H15N3O2/c1-11(19)15-16-7-8-18(15)10-13-9-14(20-17-13)12-5-3-2-4-6-12/h2-9,11,19H,10H2,1H3/t11-/m0/s1. The van der Waals surface area contributed by atoms with Crippen molar-refractivity contribution in [2.45, 2.75) is 19.6 Å². The molecule has 0 spiro atoms. The molecule has 0 unspecified atom stereocenters. The number of rotatable bonds is 4. The van der Waals surface area contributed by atoms with E-state index in [0.29, 0.717) is 12.4 Å². The summed E-state index contributed by atoms with van der Waals surface area (Å²) in [6, 6.07) is 11.7. The number of nitrogens with zero attached hydrogens (tertiary/aromatic N) is 3. The zero-order chi connectivity index (χ0) is 13.9. The second-order valence-corrected chi connectivity index (χ2v) is 4.64. The fraction of sp³-hybridized carbons (Fsp3) is 0.200. The van der Waals surface area contributed by atoms with Gasteiger partial charge in [0, 0.05) is 24.0 Å². The molecular formula is C15H15N3O2. The molecule has 0 aliphatic rings. The van der Waals surface area contributed by atoms with E-state index in [1.807, 2.05) is 47.2 Å². The summed E-state index contributed by atoms with van der Waals surface area (Å²) < 4.78 is 7.21. The van der Waals surface area contributed by atoms with E-state index >= 15 is 0 Å². The van der Waals surface area contributed by atoms with Crippen LogP contribution in [0.25, 0.3) is 11.3 Å². The highest BCUT2D eigenvalue weighted by molar-refractivity contribution is 5.56. The van der Waals surface area contributed by atoms with Gasteiger partial charge in [0.15, 0.2) is 5.76 Å². The average molecular weight is 269 g/mol. The maximum Gasteiger partial charge on any atom is 0.167 e. The second kappa shape index (κ2) is 5.30. The fourth-order valence-corrected chi connectivity index (χ4v) is 2.12. The Kier molecular flexibility index (Phi) is 3.35. The lowest BCUT2D eigenvalue weighted by atomic mass is 10.1. The zero-order valence-electron chi connectivity index (χ0n) is 11.1. The Morgan fingerprint density at radius 3 is 2.85 bits per heavy atom. The molecule has 0 amide bonds. The third-order valence-corrected chi connectivity index (χ3v) is 3.07. The predicted molar refractivity (Wildman–Crippen MR) is 73.9 cm³/mol. The van der Waals surface area contributed by atoms with Gasteiger partial charge in [-0.05, 0) is 6.92 Å². The first-order chi connectivity index (χ1) is 9.74. The molecule has 1 N–H and O–H groups in total. The molecule has 0 saturated heterocycles. The normalized spacial score (nSPS) is 12.5. The van der Waals surface area contributed by atoms with Crippen molar-refractivity contribution >= 4 is 0 Å². The van der Waals surface area contributed by atoms with Crippen molar-refractivity contribution in [2.24, 2.45) is 0 Å². The Hall–Kier alpha value is -2.40. The minimum Gasteiger partial charge on any atom is -0.385 e. The smallest absolute Gasteiger partial charge is 0.167 e. The SMILES string of the molecule is C[C@H](O)c1nccn1Cc1cc(-c2ccccc2)on1. The van der Waals surface area contributed by atoms with Crippen LogP contribution in [0.4, 0.5) is 0 Å². The summed E-state index contributed by atoms with van der Waals surface area (Å²) in [5.41, 5.74) is 1.79. The molecule has 3 aromatic rings. The van der Waals surface area contributed by atoms with Gasteiger partial charge in [-0.1, -0.05) is 35.5 Å². The van der Waals surface area contributed by atoms with Crippen molar-refractivity contribution in [2.75, 3.05) is 0 Å². The van der Waals surface area contributed by atoms with Gasteiger partial charge in [-0.25, -0.2) is 4.98 Å². The molecule has 2 heterocycles. The van der Waals surface area contributed by atoms with Gasteiger partial charge in [-0.15, -0.1) is 0 Å². The van der Waals surface area contributed by atoms with Crippen LogP contribution in [0.2, 0.25) is 0 Å². The quantitative estimate of drug-likeness (QED) is 0.790. The first-order valence-electron chi connectivity index (χ1n) is 6.44. The van der Waals surface area contributed by atoms with E-state index in [-0.39, 0.29) is 0 Å². The molecule has 0 aliphatic heterocycles. The summed E-state index contributed by atoms with van der Waals surface area (Å²) in [4.78, 5) is 4.13. The summed E-state index contributed by atoms with van der Waals surface area (Å²) in [5, 5.41) is 13.7. The Morgan fingerprint density at radius 2 is 2.10 bits per heavy atom. The first-order valence-corrected chi connectivity index (χ1v) is 6.44. The lowest BCUT2D eigenvalue weighted by Crippen LogP contribution is -2.07. The molecule has 20 heavy (non-hydrogen) atoms. The lowest BCUT2D eigenvalue weighted by Gasteiger charge is -2.07. The van der Waals surface area contributed by atoms with Crippen LogP contribution in [0.5, 0.6) is 0 Å². The fourth-order valence-electron chi connectivity index (χ4n) is 2.12. The van der Waals surface area contributed by atoms with E-state index in [4.69, 9.17) is 4.52 Å².